The zero-order valence-electron chi connectivity index (χ0n) is 20.2. The second-order valence-corrected chi connectivity index (χ2v) is 9.73. The van der Waals surface area contributed by atoms with E-state index >= 15 is 0 Å². The molecule has 5 rings (SSSR count). The minimum Gasteiger partial charge on any atom is -0.378 e. The van der Waals surface area contributed by atoms with Gasteiger partial charge < -0.3 is 15.0 Å². The molecular formula is C27H27BF3N3O2. The number of nitrogens with one attached hydrogen (secondary N) is 1. The molecule has 1 aliphatic heterocycles. The molecule has 0 unspecified atom stereocenters. The fourth-order valence-electron chi connectivity index (χ4n) is 5.11. The number of methoxy groups -OCH3 is 1. The van der Waals surface area contributed by atoms with Gasteiger partial charge in [0, 0.05) is 36.2 Å². The van der Waals surface area contributed by atoms with Crippen LogP contribution in [0, 0.1) is 11.7 Å². The standard InChI is InChI=1S/C27H27BF3N3O2/c1-15(18-4-3-5-19(24(18)29)25(30)31)32-22-13-23(28)33-21-9-8-17(12-20(21)22)27(36-2)10-11-34(14-27)26(35)16-6-7-16/h3-5,8-9,12-13,15-16,25H,6-7,10-11,14H2,1-2H3,(H,32,33)/t15-,27-/m1/s1. The molecule has 2 aliphatic rings. The third kappa shape index (κ3) is 4.45. The van der Waals surface area contributed by atoms with Crippen molar-refractivity contribution >= 4 is 35.9 Å². The Balaban J connectivity index is 1.49. The van der Waals surface area contributed by atoms with Crippen molar-refractivity contribution in [3.05, 3.63) is 65.0 Å². The lowest BCUT2D eigenvalue weighted by atomic mass is 9.90. The third-order valence-electron chi connectivity index (χ3n) is 7.35. The third-order valence-corrected chi connectivity index (χ3v) is 7.35. The highest BCUT2D eigenvalue weighted by atomic mass is 19.3. The number of ether oxygens (including phenoxy) is 1. The molecule has 2 aromatic carbocycles. The smallest absolute Gasteiger partial charge is 0.266 e. The molecule has 2 atom stereocenters. The fourth-order valence-corrected chi connectivity index (χ4v) is 5.11. The molecule has 186 valence electrons. The van der Waals surface area contributed by atoms with Crippen LogP contribution in [0.4, 0.5) is 18.9 Å². The quantitative estimate of drug-likeness (QED) is 0.483. The van der Waals surface area contributed by atoms with Crippen LogP contribution in [0.25, 0.3) is 10.9 Å². The Morgan fingerprint density at radius 3 is 2.67 bits per heavy atom. The summed E-state index contributed by atoms with van der Waals surface area (Å²) in [4.78, 5) is 19.0. The zero-order valence-corrected chi connectivity index (χ0v) is 20.2. The lowest BCUT2D eigenvalue weighted by molar-refractivity contribution is -0.132. The Morgan fingerprint density at radius 1 is 1.22 bits per heavy atom. The van der Waals surface area contributed by atoms with E-state index in [0.29, 0.717) is 30.7 Å². The summed E-state index contributed by atoms with van der Waals surface area (Å²) in [5.74, 6) is -0.597. The molecule has 3 aromatic rings. The zero-order chi connectivity index (χ0) is 25.6. The van der Waals surface area contributed by atoms with Crippen molar-refractivity contribution in [2.24, 2.45) is 5.92 Å². The average Bonchev–Trinajstić information content (AvgIpc) is 3.61. The Labute approximate surface area is 209 Å². The normalized spacial score (nSPS) is 20.8. The van der Waals surface area contributed by atoms with E-state index in [1.807, 2.05) is 23.1 Å². The van der Waals surface area contributed by atoms with Gasteiger partial charge in [0.25, 0.3) is 6.43 Å². The van der Waals surface area contributed by atoms with E-state index in [4.69, 9.17) is 12.6 Å². The number of amides is 1. The van der Waals surface area contributed by atoms with Gasteiger partial charge in [-0.2, -0.15) is 0 Å². The Kier molecular flexibility index (Phi) is 6.45. The maximum Gasteiger partial charge on any atom is 0.266 e. The van der Waals surface area contributed by atoms with E-state index in [9.17, 15) is 18.0 Å². The number of anilines is 1. The van der Waals surface area contributed by atoms with Crippen LogP contribution in [0.1, 0.15) is 55.3 Å². The molecule has 1 aromatic heterocycles. The molecule has 5 nitrogen and oxygen atoms in total. The van der Waals surface area contributed by atoms with Crippen molar-refractivity contribution in [1.29, 1.82) is 0 Å². The Morgan fingerprint density at radius 2 is 1.97 bits per heavy atom. The summed E-state index contributed by atoms with van der Waals surface area (Å²) in [5, 5.41) is 3.98. The van der Waals surface area contributed by atoms with Gasteiger partial charge in [-0.05, 0) is 55.5 Å². The molecule has 1 N–H and O–H groups in total. The summed E-state index contributed by atoms with van der Waals surface area (Å²) in [6.45, 7) is 2.80. The summed E-state index contributed by atoms with van der Waals surface area (Å²) in [6, 6.07) is 10.8. The number of carbonyl (C=O) groups is 1. The predicted octanol–water partition coefficient (Wildman–Crippen LogP) is 4.76. The number of hydrogen-bond donors (Lipinski definition) is 1. The van der Waals surface area contributed by atoms with Crippen LogP contribution in [0.15, 0.2) is 42.5 Å². The molecule has 1 saturated carbocycles. The summed E-state index contributed by atoms with van der Waals surface area (Å²) >= 11 is 0. The first-order chi connectivity index (χ1) is 17.2. The Hall–Kier alpha value is -3.07. The van der Waals surface area contributed by atoms with Crippen molar-refractivity contribution in [3.63, 3.8) is 0 Å². The number of carbonyl (C=O) groups excluding carboxylic acids is 1. The first-order valence-electron chi connectivity index (χ1n) is 12.1. The number of aromatic nitrogens is 1. The lowest BCUT2D eigenvalue weighted by Crippen LogP contribution is -2.36. The molecule has 1 amide bonds. The Bertz CT molecular complexity index is 1320. The van der Waals surface area contributed by atoms with E-state index in [2.05, 4.69) is 10.3 Å². The topological polar surface area (TPSA) is 54.5 Å². The second-order valence-electron chi connectivity index (χ2n) is 9.73. The highest BCUT2D eigenvalue weighted by Gasteiger charge is 2.45. The van der Waals surface area contributed by atoms with Crippen LogP contribution in [0.5, 0.6) is 0 Å². The number of fused-ring (bicyclic) bond motifs is 1. The van der Waals surface area contributed by atoms with E-state index in [-0.39, 0.29) is 23.0 Å². The number of likely N-dealkylation sites (tertiary alicyclic amines) is 1. The highest BCUT2D eigenvalue weighted by Crippen LogP contribution is 2.40. The molecule has 2 heterocycles. The van der Waals surface area contributed by atoms with Crippen LogP contribution in [-0.4, -0.2) is 43.8 Å². The van der Waals surface area contributed by atoms with E-state index in [0.717, 1.165) is 29.9 Å². The monoisotopic (exact) mass is 493 g/mol. The van der Waals surface area contributed by atoms with Gasteiger partial charge in [0.05, 0.1) is 23.7 Å². The van der Waals surface area contributed by atoms with Gasteiger partial charge in [0.2, 0.25) is 5.91 Å². The largest absolute Gasteiger partial charge is 0.378 e. The van der Waals surface area contributed by atoms with Crippen molar-refractivity contribution < 1.29 is 22.7 Å². The summed E-state index contributed by atoms with van der Waals surface area (Å²) in [5.41, 5.74) is 1.25. The van der Waals surface area contributed by atoms with Gasteiger partial charge in [-0.15, -0.1) is 0 Å². The molecule has 2 radical (unpaired) electrons. The fraction of sp³-hybridized carbons (Fsp3) is 0.407. The molecular weight excluding hydrogens is 466 g/mol. The van der Waals surface area contributed by atoms with E-state index < -0.39 is 29.4 Å². The average molecular weight is 493 g/mol. The van der Waals surface area contributed by atoms with E-state index in [1.165, 1.54) is 12.1 Å². The number of rotatable bonds is 7. The number of halogens is 3. The summed E-state index contributed by atoms with van der Waals surface area (Å²) < 4.78 is 47.2. The van der Waals surface area contributed by atoms with Gasteiger partial charge in [0.1, 0.15) is 19.3 Å². The number of nitrogens with zero attached hydrogens (tertiary/aromatic N) is 2. The van der Waals surface area contributed by atoms with Crippen molar-refractivity contribution in [2.45, 2.75) is 44.3 Å². The molecule has 1 aliphatic carbocycles. The van der Waals surface area contributed by atoms with Crippen molar-refractivity contribution in [3.8, 4) is 0 Å². The molecule has 9 heteroatoms. The summed E-state index contributed by atoms with van der Waals surface area (Å²) in [7, 11) is 7.69. The van der Waals surface area contributed by atoms with Crippen LogP contribution in [0.3, 0.4) is 0 Å². The van der Waals surface area contributed by atoms with Crippen molar-refractivity contribution in [2.75, 3.05) is 25.5 Å². The minimum absolute atomic E-state index is 0.130. The second kappa shape index (κ2) is 9.43. The number of alkyl halides is 2. The van der Waals surface area contributed by atoms with Crippen LogP contribution in [0.2, 0.25) is 0 Å². The van der Waals surface area contributed by atoms with E-state index in [1.54, 1.807) is 20.1 Å². The SMILES string of the molecule is [B]c1cc(N[C@H](C)c2cccc(C(F)F)c2F)c2cc([C@@]3(OC)CCN(C(=O)C4CC4)C3)ccc2n1. The first-order valence-corrected chi connectivity index (χ1v) is 12.1. The lowest BCUT2D eigenvalue weighted by Gasteiger charge is -2.29. The molecule has 1 saturated heterocycles. The maximum absolute atomic E-state index is 14.8. The van der Waals surface area contributed by atoms with Crippen molar-refractivity contribution in [1.82, 2.24) is 9.88 Å². The first kappa shape index (κ1) is 24.6. The van der Waals surface area contributed by atoms with Crippen LogP contribution in [-0.2, 0) is 15.1 Å². The maximum atomic E-state index is 14.8. The van der Waals surface area contributed by atoms with Gasteiger partial charge >= 0.3 is 0 Å². The number of benzene rings is 2. The molecule has 2 fully saturated rings. The summed E-state index contributed by atoms with van der Waals surface area (Å²) in [6.07, 6.45) is -0.334. The van der Waals surface area contributed by atoms with Gasteiger partial charge in [0.15, 0.2) is 0 Å². The minimum atomic E-state index is -2.90. The van der Waals surface area contributed by atoms with Gasteiger partial charge in [-0.3, -0.25) is 9.78 Å². The number of pyridine rings is 1. The van der Waals surface area contributed by atoms with Crippen LogP contribution >= 0.6 is 0 Å². The molecule has 36 heavy (non-hydrogen) atoms. The van der Waals surface area contributed by atoms with Crippen LogP contribution < -0.4 is 10.9 Å². The van der Waals surface area contributed by atoms with Gasteiger partial charge in [-0.25, -0.2) is 13.2 Å². The molecule has 0 bridgehead atoms. The molecule has 0 spiro atoms. The highest BCUT2D eigenvalue weighted by molar-refractivity contribution is 6.31. The predicted molar refractivity (Wildman–Crippen MR) is 133 cm³/mol. The van der Waals surface area contributed by atoms with Gasteiger partial charge in [-0.1, -0.05) is 24.3 Å². The number of hydrogen-bond acceptors (Lipinski definition) is 4.